The van der Waals surface area contributed by atoms with Gasteiger partial charge in [0.05, 0.1) is 13.3 Å². The second-order valence-corrected chi connectivity index (χ2v) is 3.75. The number of ether oxygens (including phenoxy) is 1. The molecule has 0 radical (unpaired) electrons. The zero-order valence-electron chi connectivity index (χ0n) is 9.66. The maximum absolute atomic E-state index is 5.13. The molecule has 0 amide bonds. The minimum absolute atomic E-state index is 0.893. The van der Waals surface area contributed by atoms with Gasteiger partial charge in [0.1, 0.15) is 5.75 Å². The van der Waals surface area contributed by atoms with E-state index in [9.17, 15) is 0 Å². The van der Waals surface area contributed by atoms with Gasteiger partial charge in [-0.25, -0.2) is 0 Å². The van der Waals surface area contributed by atoms with E-state index >= 15 is 0 Å². The van der Waals surface area contributed by atoms with E-state index in [-0.39, 0.29) is 0 Å². The number of nitrogens with zero attached hydrogens (tertiary/aromatic N) is 1. The van der Waals surface area contributed by atoms with E-state index in [2.05, 4.69) is 29.3 Å². The van der Waals surface area contributed by atoms with Crippen LogP contribution in [0.1, 0.15) is 23.7 Å². The van der Waals surface area contributed by atoms with Crippen LogP contribution in [0.3, 0.4) is 0 Å². The summed E-state index contributed by atoms with van der Waals surface area (Å²) in [6.45, 7) is 2.14. The van der Waals surface area contributed by atoms with E-state index in [1.807, 2.05) is 18.3 Å². The van der Waals surface area contributed by atoms with E-state index in [0.29, 0.717) is 0 Å². The molecule has 16 heavy (non-hydrogen) atoms. The Morgan fingerprint density at radius 3 is 2.62 bits per heavy atom. The van der Waals surface area contributed by atoms with Gasteiger partial charge in [0.25, 0.3) is 0 Å². The molecule has 3 nitrogen and oxygen atoms in total. The lowest BCUT2D eigenvalue weighted by Crippen LogP contribution is -1.93. The zero-order chi connectivity index (χ0) is 11.4. The number of aromatic amines is 1. The molecule has 2 aromatic rings. The molecule has 0 spiro atoms. The third-order valence-electron chi connectivity index (χ3n) is 2.73. The van der Waals surface area contributed by atoms with Crippen molar-refractivity contribution in [3.63, 3.8) is 0 Å². The van der Waals surface area contributed by atoms with Crippen LogP contribution in [-0.4, -0.2) is 17.3 Å². The summed E-state index contributed by atoms with van der Waals surface area (Å²) in [5.74, 6) is 0.893. The van der Waals surface area contributed by atoms with E-state index in [4.69, 9.17) is 4.74 Å². The second-order valence-electron chi connectivity index (χ2n) is 3.75. The molecule has 1 aromatic heterocycles. The van der Waals surface area contributed by atoms with Crippen molar-refractivity contribution in [1.29, 1.82) is 0 Å². The molecule has 3 heteroatoms. The lowest BCUT2D eigenvalue weighted by Gasteiger charge is -2.03. The first-order chi connectivity index (χ1) is 7.83. The maximum Gasteiger partial charge on any atom is 0.118 e. The highest BCUT2D eigenvalue weighted by molar-refractivity contribution is 5.31. The highest BCUT2D eigenvalue weighted by atomic mass is 16.5. The molecular formula is C13H16N2O. The lowest BCUT2D eigenvalue weighted by molar-refractivity contribution is 0.414. The Bertz CT molecular complexity index is 445. The Hall–Kier alpha value is -1.77. The van der Waals surface area contributed by atoms with Crippen LogP contribution in [0.5, 0.6) is 5.75 Å². The van der Waals surface area contributed by atoms with Gasteiger partial charge in [-0.05, 0) is 29.7 Å². The molecule has 84 valence electrons. The number of aromatic nitrogens is 2. The van der Waals surface area contributed by atoms with Crippen molar-refractivity contribution >= 4 is 0 Å². The molecule has 0 aliphatic carbocycles. The summed E-state index contributed by atoms with van der Waals surface area (Å²) in [6, 6.07) is 8.13. The SMILES string of the molecule is CCc1cn[nH]c1Cc1ccc(OC)cc1. The van der Waals surface area contributed by atoms with Gasteiger partial charge in [0.15, 0.2) is 0 Å². The van der Waals surface area contributed by atoms with Gasteiger partial charge in [-0.15, -0.1) is 0 Å². The fourth-order valence-electron chi connectivity index (χ4n) is 1.74. The van der Waals surface area contributed by atoms with E-state index in [0.717, 1.165) is 18.6 Å². The smallest absolute Gasteiger partial charge is 0.118 e. The van der Waals surface area contributed by atoms with E-state index < -0.39 is 0 Å². The molecule has 1 aromatic carbocycles. The molecule has 0 saturated carbocycles. The first kappa shape index (κ1) is 10.7. The number of benzene rings is 1. The molecule has 0 saturated heterocycles. The highest BCUT2D eigenvalue weighted by Crippen LogP contribution is 2.15. The van der Waals surface area contributed by atoms with Crippen LogP contribution in [0.25, 0.3) is 0 Å². The quantitative estimate of drug-likeness (QED) is 0.853. The lowest BCUT2D eigenvalue weighted by atomic mass is 10.1. The number of aryl methyl sites for hydroxylation is 1. The Kier molecular flexibility index (Phi) is 3.25. The van der Waals surface area contributed by atoms with Crippen molar-refractivity contribution in [1.82, 2.24) is 10.2 Å². The van der Waals surface area contributed by atoms with Gasteiger partial charge in [-0.1, -0.05) is 19.1 Å². The van der Waals surface area contributed by atoms with Gasteiger partial charge in [0.2, 0.25) is 0 Å². The standard InChI is InChI=1S/C13H16N2O/c1-3-11-9-14-15-13(11)8-10-4-6-12(16-2)7-5-10/h4-7,9H,3,8H2,1-2H3,(H,14,15). The molecule has 0 bridgehead atoms. The first-order valence-corrected chi connectivity index (χ1v) is 5.47. The fourth-order valence-corrected chi connectivity index (χ4v) is 1.74. The van der Waals surface area contributed by atoms with Gasteiger partial charge in [0, 0.05) is 12.1 Å². The largest absolute Gasteiger partial charge is 0.497 e. The van der Waals surface area contributed by atoms with E-state index in [1.165, 1.54) is 16.8 Å². The van der Waals surface area contributed by atoms with Crippen molar-refractivity contribution in [3.8, 4) is 5.75 Å². The Balaban J connectivity index is 2.14. The molecule has 0 aliphatic rings. The third-order valence-corrected chi connectivity index (χ3v) is 2.73. The average molecular weight is 216 g/mol. The van der Waals surface area contributed by atoms with Crippen LogP contribution >= 0.6 is 0 Å². The van der Waals surface area contributed by atoms with Crippen LogP contribution in [-0.2, 0) is 12.8 Å². The zero-order valence-corrected chi connectivity index (χ0v) is 9.66. The van der Waals surface area contributed by atoms with Crippen molar-refractivity contribution in [2.24, 2.45) is 0 Å². The van der Waals surface area contributed by atoms with Crippen molar-refractivity contribution in [2.45, 2.75) is 19.8 Å². The van der Waals surface area contributed by atoms with Crippen LogP contribution in [0, 0.1) is 0 Å². The molecule has 0 unspecified atom stereocenters. The maximum atomic E-state index is 5.13. The molecule has 0 aliphatic heterocycles. The number of methoxy groups -OCH3 is 1. The third kappa shape index (κ3) is 2.24. The number of nitrogens with one attached hydrogen (secondary N) is 1. The summed E-state index contributed by atoms with van der Waals surface area (Å²) in [6.07, 6.45) is 3.81. The Morgan fingerprint density at radius 1 is 1.25 bits per heavy atom. The summed E-state index contributed by atoms with van der Waals surface area (Å²) < 4.78 is 5.13. The molecule has 0 atom stereocenters. The van der Waals surface area contributed by atoms with Crippen LogP contribution in [0.4, 0.5) is 0 Å². The predicted molar refractivity (Wildman–Crippen MR) is 63.8 cm³/mol. The second kappa shape index (κ2) is 4.84. The fraction of sp³-hybridized carbons (Fsp3) is 0.308. The van der Waals surface area contributed by atoms with Gasteiger partial charge < -0.3 is 4.74 Å². The molecule has 1 heterocycles. The average Bonchev–Trinajstić information content (AvgIpc) is 2.77. The van der Waals surface area contributed by atoms with Crippen molar-refractivity contribution in [2.75, 3.05) is 7.11 Å². The van der Waals surface area contributed by atoms with Crippen LogP contribution in [0.15, 0.2) is 30.5 Å². The van der Waals surface area contributed by atoms with Crippen molar-refractivity contribution < 1.29 is 4.74 Å². The minimum Gasteiger partial charge on any atom is -0.497 e. The topological polar surface area (TPSA) is 37.9 Å². The molecule has 0 fully saturated rings. The summed E-state index contributed by atoms with van der Waals surface area (Å²) in [5.41, 5.74) is 3.75. The molecule has 2 rings (SSSR count). The number of H-pyrrole nitrogens is 1. The summed E-state index contributed by atoms with van der Waals surface area (Å²) >= 11 is 0. The van der Waals surface area contributed by atoms with Gasteiger partial charge in [-0.2, -0.15) is 5.10 Å². The highest BCUT2D eigenvalue weighted by Gasteiger charge is 2.04. The predicted octanol–water partition coefficient (Wildman–Crippen LogP) is 2.57. The van der Waals surface area contributed by atoms with Crippen LogP contribution < -0.4 is 4.74 Å². The number of rotatable bonds is 4. The first-order valence-electron chi connectivity index (χ1n) is 5.47. The molecule has 1 N–H and O–H groups in total. The monoisotopic (exact) mass is 216 g/mol. The summed E-state index contributed by atoms with van der Waals surface area (Å²) in [7, 11) is 1.68. The minimum atomic E-state index is 0.893. The van der Waals surface area contributed by atoms with Gasteiger partial charge in [-0.3, -0.25) is 5.10 Å². The van der Waals surface area contributed by atoms with E-state index in [1.54, 1.807) is 7.11 Å². The van der Waals surface area contributed by atoms with Crippen molar-refractivity contribution in [3.05, 3.63) is 47.3 Å². The van der Waals surface area contributed by atoms with Crippen LogP contribution in [0.2, 0.25) is 0 Å². The molecular weight excluding hydrogens is 200 g/mol. The Morgan fingerprint density at radius 2 is 2.00 bits per heavy atom. The Labute approximate surface area is 95.5 Å². The normalized spacial score (nSPS) is 10.4. The summed E-state index contributed by atoms with van der Waals surface area (Å²) in [5, 5.41) is 7.13. The van der Waals surface area contributed by atoms with Gasteiger partial charge >= 0.3 is 0 Å². The number of hydrogen-bond acceptors (Lipinski definition) is 2. The number of hydrogen-bond donors (Lipinski definition) is 1. The summed E-state index contributed by atoms with van der Waals surface area (Å²) in [4.78, 5) is 0.